The maximum Gasteiger partial charge on any atom is 0.345 e. The van der Waals surface area contributed by atoms with E-state index in [1.807, 2.05) is 44.2 Å². The monoisotopic (exact) mass is 552 g/mol. The van der Waals surface area contributed by atoms with Gasteiger partial charge >= 0.3 is 5.97 Å². The van der Waals surface area contributed by atoms with Gasteiger partial charge in [0, 0.05) is 34.6 Å². The predicted octanol–water partition coefficient (Wildman–Crippen LogP) is 7.47. The number of carboxylic acids is 1. The lowest BCUT2D eigenvalue weighted by molar-refractivity contribution is -0.146. The van der Waals surface area contributed by atoms with Crippen LogP contribution < -0.4 is 10.1 Å². The number of carbonyl (C=O) groups is 2. The summed E-state index contributed by atoms with van der Waals surface area (Å²) < 4.78 is 8.25. The molecule has 0 aliphatic heterocycles. The smallest absolute Gasteiger partial charge is 0.345 e. The largest absolute Gasteiger partial charge is 0.478 e. The van der Waals surface area contributed by atoms with Crippen LogP contribution in [0.25, 0.3) is 10.9 Å². The fourth-order valence-electron chi connectivity index (χ4n) is 5.48. The molecule has 214 valence electrons. The molecule has 0 bridgehead atoms. The second kappa shape index (κ2) is 11.4. The summed E-state index contributed by atoms with van der Waals surface area (Å²) in [6.07, 6.45) is 0.994. The van der Waals surface area contributed by atoms with Gasteiger partial charge in [-0.2, -0.15) is 0 Å². The highest BCUT2D eigenvalue weighted by atomic mass is 16.5. The number of benzene rings is 3. The highest BCUT2D eigenvalue weighted by molar-refractivity contribution is 5.99. The minimum Gasteiger partial charge on any atom is -0.478 e. The van der Waals surface area contributed by atoms with E-state index < -0.39 is 12.1 Å². The molecule has 6 nitrogen and oxygen atoms in total. The Balaban J connectivity index is 1.37. The number of aromatic nitrogens is 1. The van der Waals surface area contributed by atoms with Gasteiger partial charge in [-0.3, -0.25) is 4.79 Å². The molecule has 1 aliphatic rings. The number of nitrogens with zero attached hydrogens (tertiary/aromatic N) is 1. The van der Waals surface area contributed by atoms with Crippen molar-refractivity contribution in [1.29, 1.82) is 0 Å². The third-order valence-electron chi connectivity index (χ3n) is 8.47. The molecule has 1 aliphatic carbocycles. The topological polar surface area (TPSA) is 80.6 Å². The van der Waals surface area contributed by atoms with Crippen LogP contribution in [0.1, 0.15) is 89.4 Å². The molecule has 6 heteroatoms. The van der Waals surface area contributed by atoms with Crippen molar-refractivity contribution in [3.8, 4) is 5.75 Å². The summed E-state index contributed by atoms with van der Waals surface area (Å²) in [5.41, 5.74) is 8.26. The van der Waals surface area contributed by atoms with Gasteiger partial charge in [0.05, 0.1) is 6.04 Å². The van der Waals surface area contributed by atoms with Crippen molar-refractivity contribution in [2.75, 3.05) is 0 Å². The summed E-state index contributed by atoms with van der Waals surface area (Å²) in [5.74, 6) is 0.147. The zero-order valence-corrected chi connectivity index (χ0v) is 24.8. The van der Waals surface area contributed by atoms with E-state index in [1.165, 1.54) is 5.56 Å². The minimum atomic E-state index is -0.904. The SMILES string of the molecule is Cc1ccc(Cn2c(C)c(C)c3cc(C(=O)NC(C)c4cccc(C(C)C)c4)ccc32)cc1OC(C(=O)O)C1CC1. The summed E-state index contributed by atoms with van der Waals surface area (Å²) in [6, 6.07) is 20.2. The highest BCUT2D eigenvalue weighted by Crippen LogP contribution is 2.36. The molecule has 0 radical (unpaired) electrons. The van der Waals surface area contributed by atoms with E-state index in [0.717, 1.165) is 51.7 Å². The van der Waals surface area contributed by atoms with Crippen LogP contribution in [-0.4, -0.2) is 27.7 Å². The lowest BCUT2D eigenvalue weighted by Crippen LogP contribution is -2.29. The lowest BCUT2D eigenvalue weighted by atomic mass is 9.98. The quantitative estimate of drug-likeness (QED) is 0.214. The van der Waals surface area contributed by atoms with E-state index in [0.29, 0.717) is 23.8 Å². The standard InChI is InChI=1S/C35H40N2O4/c1-20(2)27-8-7-9-28(17-27)23(5)36-34(38)29-14-15-31-30(18-29)22(4)24(6)37(31)19-25-11-10-21(3)32(16-25)41-33(35(39)40)26-12-13-26/h7-11,14-18,20,23,26,33H,12-13,19H2,1-6H3,(H,36,38)(H,39,40). The molecule has 2 N–H and O–H groups in total. The number of ether oxygens (including phenoxy) is 1. The Hall–Kier alpha value is -4.06. The predicted molar refractivity (Wildman–Crippen MR) is 163 cm³/mol. The van der Waals surface area contributed by atoms with Gasteiger partial charge < -0.3 is 19.7 Å². The summed E-state index contributed by atoms with van der Waals surface area (Å²) in [6.45, 7) is 13.1. The van der Waals surface area contributed by atoms with Crippen molar-refractivity contribution >= 4 is 22.8 Å². The fraction of sp³-hybridized carbons (Fsp3) is 0.371. The van der Waals surface area contributed by atoms with Crippen molar-refractivity contribution in [2.24, 2.45) is 5.92 Å². The molecule has 3 aromatic carbocycles. The average Bonchev–Trinajstić information content (AvgIpc) is 3.76. The van der Waals surface area contributed by atoms with Crippen LogP contribution in [-0.2, 0) is 11.3 Å². The number of carbonyl (C=O) groups excluding carboxylic acids is 1. The van der Waals surface area contributed by atoms with Gasteiger partial charge in [0.2, 0.25) is 0 Å². The normalized spacial score (nSPS) is 14.7. The zero-order valence-electron chi connectivity index (χ0n) is 24.8. The highest BCUT2D eigenvalue weighted by Gasteiger charge is 2.38. The fourth-order valence-corrected chi connectivity index (χ4v) is 5.48. The lowest BCUT2D eigenvalue weighted by Gasteiger charge is -2.18. The van der Waals surface area contributed by atoms with Crippen LogP contribution in [0.5, 0.6) is 5.75 Å². The number of hydrogen-bond acceptors (Lipinski definition) is 3. The molecule has 1 amide bonds. The van der Waals surface area contributed by atoms with E-state index in [2.05, 4.69) is 67.9 Å². The van der Waals surface area contributed by atoms with Crippen LogP contribution in [0.2, 0.25) is 0 Å². The maximum absolute atomic E-state index is 13.3. The van der Waals surface area contributed by atoms with Crippen LogP contribution in [0.3, 0.4) is 0 Å². The first-order valence-electron chi connectivity index (χ1n) is 14.5. The van der Waals surface area contributed by atoms with E-state index in [9.17, 15) is 14.7 Å². The van der Waals surface area contributed by atoms with Gasteiger partial charge in [-0.05, 0) is 98.5 Å². The summed E-state index contributed by atoms with van der Waals surface area (Å²) >= 11 is 0. The zero-order chi connectivity index (χ0) is 29.4. The summed E-state index contributed by atoms with van der Waals surface area (Å²) in [7, 11) is 0. The molecule has 1 fully saturated rings. The number of fused-ring (bicyclic) bond motifs is 1. The van der Waals surface area contributed by atoms with Crippen molar-refractivity contribution in [1.82, 2.24) is 9.88 Å². The molecule has 5 rings (SSSR count). The van der Waals surface area contributed by atoms with Crippen LogP contribution in [0.4, 0.5) is 0 Å². The number of amides is 1. The Morgan fingerprint density at radius 2 is 1.71 bits per heavy atom. The molecule has 2 unspecified atom stereocenters. The molecule has 1 saturated carbocycles. The maximum atomic E-state index is 13.3. The molecular weight excluding hydrogens is 512 g/mol. The van der Waals surface area contributed by atoms with Crippen molar-refractivity contribution in [3.63, 3.8) is 0 Å². The van der Waals surface area contributed by atoms with Gasteiger partial charge in [0.15, 0.2) is 6.10 Å². The van der Waals surface area contributed by atoms with E-state index >= 15 is 0 Å². The Bertz CT molecular complexity index is 1610. The van der Waals surface area contributed by atoms with Crippen LogP contribution >= 0.6 is 0 Å². The molecule has 0 spiro atoms. The molecule has 4 aromatic rings. The van der Waals surface area contributed by atoms with E-state index in [4.69, 9.17) is 4.74 Å². The van der Waals surface area contributed by atoms with E-state index in [1.54, 1.807) is 0 Å². The van der Waals surface area contributed by atoms with E-state index in [-0.39, 0.29) is 17.9 Å². The molecular formula is C35H40N2O4. The Labute approximate surface area is 242 Å². The second-order valence-electron chi connectivity index (χ2n) is 11.9. The third kappa shape index (κ3) is 6.02. The van der Waals surface area contributed by atoms with Gasteiger partial charge in [-0.25, -0.2) is 4.79 Å². The van der Waals surface area contributed by atoms with Crippen molar-refractivity contribution in [3.05, 3.63) is 99.7 Å². The first-order valence-corrected chi connectivity index (χ1v) is 14.5. The van der Waals surface area contributed by atoms with Crippen molar-refractivity contribution in [2.45, 2.75) is 79.0 Å². The average molecular weight is 553 g/mol. The summed E-state index contributed by atoms with van der Waals surface area (Å²) in [4.78, 5) is 25.0. The third-order valence-corrected chi connectivity index (χ3v) is 8.47. The van der Waals surface area contributed by atoms with Crippen molar-refractivity contribution < 1.29 is 19.4 Å². The Morgan fingerprint density at radius 3 is 2.39 bits per heavy atom. The molecule has 0 saturated heterocycles. The van der Waals surface area contributed by atoms with Gasteiger partial charge in [0.25, 0.3) is 5.91 Å². The number of carboxylic acid groups (broad SMARTS) is 1. The molecule has 41 heavy (non-hydrogen) atoms. The number of nitrogens with one attached hydrogen (secondary N) is 1. The first-order chi connectivity index (χ1) is 19.5. The Kier molecular flexibility index (Phi) is 7.94. The first kappa shape index (κ1) is 28.5. The number of rotatable bonds is 10. The van der Waals surface area contributed by atoms with Crippen LogP contribution in [0, 0.1) is 26.7 Å². The van der Waals surface area contributed by atoms with Gasteiger partial charge in [-0.1, -0.05) is 50.2 Å². The molecule has 2 atom stereocenters. The van der Waals surface area contributed by atoms with Gasteiger partial charge in [0.1, 0.15) is 5.75 Å². The second-order valence-corrected chi connectivity index (χ2v) is 11.9. The van der Waals surface area contributed by atoms with Gasteiger partial charge in [-0.15, -0.1) is 0 Å². The minimum absolute atomic E-state index is 0.0911. The number of aliphatic carboxylic acids is 1. The molecule has 1 aromatic heterocycles. The summed E-state index contributed by atoms with van der Waals surface area (Å²) in [5, 5.41) is 13.9. The number of hydrogen-bond donors (Lipinski definition) is 2. The van der Waals surface area contributed by atoms with Crippen LogP contribution in [0.15, 0.2) is 60.7 Å². The number of aryl methyl sites for hydroxylation is 2. The Morgan fingerprint density at radius 1 is 0.976 bits per heavy atom. The molecule has 1 heterocycles.